The van der Waals surface area contributed by atoms with Gasteiger partial charge in [-0.3, -0.25) is 0 Å². The van der Waals surface area contributed by atoms with Crippen LogP contribution in [0.1, 0.15) is 25.7 Å². The molecule has 5 nitrogen and oxygen atoms in total. The van der Waals surface area contributed by atoms with E-state index in [0.29, 0.717) is 12.0 Å². The minimum Gasteiger partial charge on any atom is -0.496 e. The van der Waals surface area contributed by atoms with Crippen molar-refractivity contribution >= 4 is 16.9 Å². The molecule has 5 heteroatoms. The molecule has 26 heavy (non-hydrogen) atoms. The van der Waals surface area contributed by atoms with E-state index in [4.69, 9.17) is 9.72 Å². The maximum atomic E-state index is 9.68. The Kier molecular flexibility index (Phi) is 4.71. The van der Waals surface area contributed by atoms with Crippen LogP contribution in [-0.2, 0) is 0 Å². The van der Waals surface area contributed by atoms with Crippen LogP contribution >= 0.6 is 0 Å². The molecule has 0 unspecified atom stereocenters. The van der Waals surface area contributed by atoms with E-state index in [-0.39, 0.29) is 6.10 Å². The number of aromatic nitrogens is 2. The molecule has 1 fully saturated rings. The summed E-state index contributed by atoms with van der Waals surface area (Å²) in [6.07, 6.45) is 5.24. The summed E-state index contributed by atoms with van der Waals surface area (Å²) in [4.78, 5) is 9.28. The summed E-state index contributed by atoms with van der Waals surface area (Å²) in [5.74, 6) is 1.47. The van der Waals surface area contributed by atoms with E-state index in [1.807, 2.05) is 42.6 Å². The Morgan fingerprint density at radius 1 is 1.00 bits per heavy atom. The fourth-order valence-electron chi connectivity index (χ4n) is 3.61. The Bertz CT molecular complexity index is 905. The molecule has 0 radical (unpaired) electrons. The van der Waals surface area contributed by atoms with Crippen molar-refractivity contribution in [3.63, 3.8) is 0 Å². The summed E-state index contributed by atoms with van der Waals surface area (Å²) in [6, 6.07) is 14.4. The SMILES string of the molecule is COc1ccccc1-c1cccc2cnc(NC3CCC(O)CC3)nc12. The van der Waals surface area contributed by atoms with Gasteiger partial charge < -0.3 is 15.2 Å². The van der Waals surface area contributed by atoms with Gasteiger partial charge in [0.25, 0.3) is 0 Å². The summed E-state index contributed by atoms with van der Waals surface area (Å²) >= 11 is 0. The molecule has 4 rings (SSSR count). The number of nitrogens with zero attached hydrogens (tertiary/aromatic N) is 2. The van der Waals surface area contributed by atoms with E-state index >= 15 is 0 Å². The topological polar surface area (TPSA) is 67.3 Å². The van der Waals surface area contributed by atoms with Crippen LogP contribution in [0.3, 0.4) is 0 Å². The first kappa shape index (κ1) is 16.8. The molecule has 0 saturated heterocycles. The van der Waals surface area contributed by atoms with Crippen molar-refractivity contribution in [2.45, 2.75) is 37.8 Å². The van der Waals surface area contributed by atoms with Crippen LogP contribution in [0.2, 0.25) is 0 Å². The highest BCUT2D eigenvalue weighted by Gasteiger charge is 2.20. The van der Waals surface area contributed by atoms with Crippen molar-refractivity contribution in [3.8, 4) is 16.9 Å². The molecule has 1 saturated carbocycles. The number of anilines is 1. The van der Waals surface area contributed by atoms with Gasteiger partial charge in [-0.25, -0.2) is 9.97 Å². The molecule has 1 aromatic heterocycles. The zero-order chi connectivity index (χ0) is 17.9. The van der Waals surface area contributed by atoms with Crippen LogP contribution in [0.25, 0.3) is 22.0 Å². The highest BCUT2D eigenvalue weighted by Crippen LogP contribution is 2.34. The number of fused-ring (bicyclic) bond motifs is 1. The quantitative estimate of drug-likeness (QED) is 0.745. The Labute approximate surface area is 153 Å². The fourth-order valence-corrected chi connectivity index (χ4v) is 3.61. The second-order valence-corrected chi connectivity index (χ2v) is 6.79. The number of rotatable bonds is 4. The molecule has 134 valence electrons. The number of hydrogen-bond acceptors (Lipinski definition) is 5. The molecule has 0 aliphatic heterocycles. The van der Waals surface area contributed by atoms with Crippen LogP contribution in [0.5, 0.6) is 5.75 Å². The normalized spacial score (nSPS) is 20.1. The first-order chi connectivity index (χ1) is 12.7. The number of hydrogen-bond donors (Lipinski definition) is 2. The third-order valence-corrected chi connectivity index (χ3v) is 5.04. The van der Waals surface area contributed by atoms with E-state index in [0.717, 1.165) is 53.5 Å². The van der Waals surface area contributed by atoms with Crippen molar-refractivity contribution in [1.82, 2.24) is 9.97 Å². The number of aliphatic hydroxyl groups excluding tert-OH is 1. The monoisotopic (exact) mass is 349 g/mol. The molecule has 3 aromatic rings. The summed E-state index contributed by atoms with van der Waals surface area (Å²) in [5.41, 5.74) is 2.96. The maximum absolute atomic E-state index is 9.68. The number of aliphatic hydroxyl groups is 1. The van der Waals surface area contributed by atoms with Gasteiger partial charge in [0.1, 0.15) is 5.75 Å². The van der Waals surface area contributed by atoms with Gasteiger partial charge in [0, 0.05) is 28.8 Å². The van der Waals surface area contributed by atoms with E-state index in [9.17, 15) is 5.11 Å². The van der Waals surface area contributed by atoms with Crippen LogP contribution in [0.4, 0.5) is 5.95 Å². The van der Waals surface area contributed by atoms with E-state index in [2.05, 4.69) is 16.4 Å². The van der Waals surface area contributed by atoms with Crippen molar-refractivity contribution in [3.05, 3.63) is 48.7 Å². The molecular weight excluding hydrogens is 326 g/mol. The van der Waals surface area contributed by atoms with Crippen molar-refractivity contribution in [1.29, 1.82) is 0 Å². The highest BCUT2D eigenvalue weighted by molar-refractivity contribution is 5.95. The molecule has 0 atom stereocenters. The summed E-state index contributed by atoms with van der Waals surface area (Å²) in [6.45, 7) is 0. The van der Waals surface area contributed by atoms with Gasteiger partial charge in [0.2, 0.25) is 5.95 Å². The third-order valence-electron chi connectivity index (χ3n) is 5.04. The Hall–Kier alpha value is -2.66. The van der Waals surface area contributed by atoms with E-state index < -0.39 is 0 Å². The van der Waals surface area contributed by atoms with Gasteiger partial charge in [-0.2, -0.15) is 0 Å². The average Bonchev–Trinajstić information content (AvgIpc) is 2.69. The molecule has 2 N–H and O–H groups in total. The second-order valence-electron chi connectivity index (χ2n) is 6.79. The van der Waals surface area contributed by atoms with Gasteiger partial charge in [-0.05, 0) is 31.7 Å². The molecule has 0 spiro atoms. The smallest absolute Gasteiger partial charge is 0.223 e. The Morgan fingerprint density at radius 3 is 2.58 bits per heavy atom. The number of para-hydroxylation sites is 2. The molecule has 2 aromatic carbocycles. The standard InChI is InChI=1S/C21H23N3O2/c1-26-19-8-3-2-6-17(19)18-7-4-5-14-13-22-21(24-20(14)18)23-15-9-11-16(25)12-10-15/h2-8,13,15-16,25H,9-12H2,1H3,(H,22,23,24). The lowest BCUT2D eigenvalue weighted by atomic mass is 9.93. The van der Waals surface area contributed by atoms with Crippen molar-refractivity contribution < 1.29 is 9.84 Å². The minimum atomic E-state index is -0.164. The second kappa shape index (κ2) is 7.30. The van der Waals surface area contributed by atoms with E-state index in [1.165, 1.54) is 0 Å². The zero-order valence-electron chi connectivity index (χ0n) is 14.9. The molecule has 1 aliphatic rings. The highest BCUT2D eigenvalue weighted by atomic mass is 16.5. The number of benzene rings is 2. The molecule has 0 bridgehead atoms. The first-order valence-corrected chi connectivity index (χ1v) is 9.08. The van der Waals surface area contributed by atoms with Crippen LogP contribution in [-0.4, -0.2) is 34.3 Å². The van der Waals surface area contributed by atoms with E-state index in [1.54, 1.807) is 7.11 Å². The predicted molar refractivity (Wildman–Crippen MR) is 103 cm³/mol. The Balaban J connectivity index is 1.71. The van der Waals surface area contributed by atoms with Crippen molar-refractivity contribution in [2.24, 2.45) is 0 Å². The zero-order valence-corrected chi connectivity index (χ0v) is 14.9. The molecular formula is C21H23N3O2. The minimum absolute atomic E-state index is 0.164. The van der Waals surface area contributed by atoms with Crippen LogP contribution in [0, 0.1) is 0 Å². The number of nitrogens with one attached hydrogen (secondary N) is 1. The third kappa shape index (κ3) is 3.35. The predicted octanol–water partition coefficient (Wildman–Crippen LogP) is 4.02. The largest absolute Gasteiger partial charge is 0.496 e. The summed E-state index contributed by atoms with van der Waals surface area (Å²) in [7, 11) is 1.68. The van der Waals surface area contributed by atoms with Crippen molar-refractivity contribution in [2.75, 3.05) is 12.4 Å². The lowest BCUT2D eigenvalue weighted by Crippen LogP contribution is -2.28. The van der Waals surface area contributed by atoms with Gasteiger partial charge in [-0.1, -0.05) is 36.4 Å². The number of ether oxygens (including phenoxy) is 1. The molecule has 1 aliphatic carbocycles. The van der Waals surface area contributed by atoms with Crippen LogP contribution < -0.4 is 10.1 Å². The summed E-state index contributed by atoms with van der Waals surface area (Å²) < 4.78 is 5.53. The van der Waals surface area contributed by atoms with Gasteiger partial charge >= 0.3 is 0 Å². The maximum Gasteiger partial charge on any atom is 0.223 e. The fraction of sp³-hybridized carbons (Fsp3) is 0.333. The van der Waals surface area contributed by atoms with Gasteiger partial charge in [0.05, 0.1) is 18.7 Å². The van der Waals surface area contributed by atoms with Gasteiger partial charge in [0.15, 0.2) is 0 Å². The van der Waals surface area contributed by atoms with Gasteiger partial charge in [-0.15, -0.1) is 0 Å². The lowest BCUT2D eigenvalue weighted by molar-refractivity contribution is 0.126. The number of methoxy groups -OCH3 is 1. The molecule has 1 heterocycles. The molecule has 0 amide bonds. The Morgan fingerprint density at radius 2 is 1.77 bits per heavy atom. The summed E-state index contributed by atoms with van der Waals surface area (Å²) in [5, 5.41) is 14.1. The lowest BCUT2D eigenvalue weighted by Gasteiger charge is -2.26. The average molecular weight is 349 g/mol. The first-order valence-electron chi connectivity index (χ1n) is 9.08. The van der Waals surface area contributed by atoms with Crippen LogP contribution in [0.15, 0.2) is 48.7 Å².